The maximum Gasteiger partial charge on any atom is 0.126 e. The molecule has 2 nitrogen and oxygen atoms in total. The largest absolute Gasteiger partial charge is 0.496 e. The molecule has 1 unspecified atom stereocenters. The van der Waals surface area contributed by atoms with Crippen LogP contribution in [0.5, 0.6) is 5.75 Å². The van der Waals surface area contributed by atoms with Gasteiger partial charge in [0.25, 0.3) is 0 Å². The van der Waals surface area contributed by atoms with Gasteiger partial charge in [-0.15, -0.1) is 0 Å². The fraction of sp³-hybridized carbons (Fsp3) is 0.538. The van der Waals surface area contributed by atoms with Crippen molar-refractivity contribution in [3.05, 3.63) is 28.3 Å². The van der Waals surface area contributed by atoms with Crippen LogP contribution in [0.1, 0.15) is 36.4 Å². The first-order chi connectivity index (χ1) is 7.72. The van der Waals surface area contributed by atoms with Gasteiger partial charge in [-0.25, -0.2) is 0 Å². The molecule has 3 heteroatoms. The van der Waals surface area contributed by atoms with Gasteiger partial charge in [0.2, 0.25) is 0 Å². The number of hydrogen-bond donors (Lipinski definition) is 1. The summed E-state index contributed by atoms with van der Waals surface area (Å²) in [7, 11) is 1.72. The number of hydrogen-bond acceptors (Lipinski definition) is 2. The molecule has 1 fully saturated rings. The second kappa shape index (κ2) is 5.07. The van der Waals surface area contributed by atoms with E-state index < -0.39 is 0 Å². The molecule has 0 spiro atoms. The average Bonchev–Trinajstić information content (AvgIpc) is 2.29. The predicted octanol–water partition coefficient (Wildman–Crippen LogP) is 3.47. The number of aryl methyl sites for hydroxylation is 1. The Balaban J connectivity index is 2.36. The van der Waals surface area contributed by atoms with E-state index in [2.05, 4.69) is 5.32 Å². The van der Waals surface area contributed by atoms with Crippen LogP contribution in [0.15, 0.2) is 12.1 Å². The molecule has 0 radical (unpaired) electrons. The summed E-state index contributed by atoms with van der Waals surface area (Å²) in [6.07, 6.45) is 3.70. The van der Waals surface area contributed by atoms with Crippen LogP contribution in [0.2, 0.25) is 5.02 Å². The van der Waals surface area contributed by atoms with Crippen LogP contribution in [0.4, 0.5) is 0 Å². The van der Waals surface area contributed by atoms with Gasteiger partial charge in [-0.2, -0.15) is 0 Å². The molecule has 1 saturated heterocycles. The van der Waals surface area contributed by atoms with Gasteiger partial charge in [-0.05, 0) is 44.0 Å². The van der Waals surface area contributed by atoms with Gasteiger partial charge < -0.3 is 10.1 Å². The van der Waals surface area contributed by atoms with Crippen molar-refractivity contribution in [2.45, 2.75) is 32.2 Å². The molecule has 1 aliphatic rings. The van der Waals surface area contributed by atoms with E-state index in [1.54, 1.807) is 7.11 Å². The minimum atomic E-state index is 0.390. The second-order valence-electron chi connectivity index (χ2n) is 4.35. The van der Waals surface area contributed by atoms with Crippen LogP contribution in [-0.2, 0) is 0 Å². The van der Waals surface area contributed by atoms with Crippen LogP contribution in [0.3, 0.4) is 0 Å². The molecule has 0 saturated carbocycles. The molecule has 16 heavy (non-hydrogen) atoms. The first kappa shape index (κ1) is 11.7. The number of nitrogens with one attached hydrogen (secondary N) is 1. The maximum atomic E-state index is 6.11. The normalized spacial score (nSPS) is 20.8. The van der Waals surface area contributed by atoms with Gasteiger partial charge in [0, 0.05) is 16.6 Å². The smallest absolute Gasteiger partial charge is 0.126 e. The lowest BCUT2D eigenvalue weighted by atomic mass is 9.95. The number of piperidine rings is 1. The third-order valence-electron chi connectivity index (χ3n) is 3.16. The molecule has 0 aromatic heterocycles. The number of benzene rings is 1. The molecule has 1 atom stereocenters. The van der Waals surface area contributed by atoms with Crippen molar-refractivity contribution in [1.82, 2.24) is 5.32 Å². The van der Waals surface area contributed by atoms with E-state index in [0.29, 0.717) is 6.04 Å². The lowest BCUT2D eigenvalue weighted by molar-refractivity contribution is 0.372. The fourth-order valence-electron chi connectivity index (χ4n) is 2.41. The highest BCUT2D eigenvalue weighted by molar-refractivity contribution is 6.30. The van der Waals surface area contributed by atoms with E-state index in [9.17, 15) is 0 Å². The fourth-order valence-corrected chi connectivity index (χ4v) is 2.69. The zero-order chi connectivity index (χ0) is 11.5. The van der Waals surface area contributed by atoms with E-state index in [1.807, 2.05) is 19.1 Å². The molecule has 1 N–H and O–H groups in total. The summed E-state index contributed by atoms with van der Waals surface area (Å²) in [5.74, 6) is 0.976. The number of ether oxygens (including phenoxy) is 1. The summed E-state index contributed by atoms with van der Waals surface area (Å²) >= 11 is 6.11. The van der Waals surface area contributed by atoms with Crippen molar-refractivity contribution >= 4 is 11.6 Å². The van der Waals surface area contributed by atoms with Crippen molar-refractivity contribution in [2.24, 2.45) is 0 Å². The van der Waals surface area contributed by atoms with Gasteiger partial charge in [-0.3, -0.25) is 0 Å². The lowest BCUT2D eigenvalue weighted by Gasteiger charge is -2.26. The summed E-state index contributed by atoms with van der Waals surface area (Å²) < 4.78 is 5.49. The Morgan fingerprint density at radius 1 is 1.38 bits per heavy atom. The van der Waals surface area contributed by atoms with E-state index in [4.69, 9.17) is 16.3 Å². The molecule has 1 aliphatic heterocycles. The number of halogens is 1. The van der Waals surface area contributed by atoms with Crippen molar-refractivity contribution < 1.29 is 4.74 Å². The van der Waals surface area contributed by atoms with Crippen molar-refractivity contribution in [3.63, 3.8) is 0 Å². The average molecular weight is 240 g/mol. The molecule has 1 aromatic rings. The zero-order valence-electron chi connectivity index (χ0n) is 9.85. The van der Waals surface area contributed by atoms with Crippen molar-refractivity contribution in [3.8, 4) is 5.75 Å². The number of methoxy groups -OCH3 is 1. The highest BCUT2D eigenvalue weighted by Crippen LogP contribution is 2.35. The van der Waals surface area contributed by atoms with Crippen LogP contribution in [-0.4, -0.2) is 13.7 Å². The van der Waals surface area contributed by atoms with E-state index in [0.717, 1.165) is 29.3 Å². The first-order valence-corrected chi connectivity index (χ1v) is 6.17. The van der Waals surface area contributed by atoms with Crippen molar-refractivity contribution in [2.75, 3.05) is 13.7 Å². The Kier molecular flexibility index (Phi) is 3.72. The van der Waals surface area contributed by atoms with Gasteiger partial charge in [0.1, 0.15) is 5.75 Å². The summed E-state index contributed by atoms with van der Waals surface area (Å²) in [5, 5.41) is 4.32. The Bertz CT molecular complexity index is 372. The van der Waals surface area contributed by atoms with Gasteiger partial charge in [-0.1, -0.05) is 18.0 Å². The van der Waals surface area contributed by atoms with Gasteiger partial charge in [0.15, 0.2) is 0 Å². The van der Waals surface area contributed by atoms with E-state index >= 15 is 0 Å². The summed E-state index contributed by atoms with van der Waals surface area (Å²) in [4.78, 5) is 0. The topological polar surface area (TPSA) is 21.3 Å². The minimum absolute atomic E-state index is 0.390. The zero-order valence-corrected chi connectivity index (χ0v) is 10.6. The van der Waals surface area contributed by atoms with Gasteiger partial charge in [0.05, 0.1) is 7.11 Å². The van der Waals surface area contributed by atoms with Crippen LogP contribution in [0.25, 0.3) is 0 Å². The highest BCUT2D eigenvalue weighted by Gasteiger charge is 2.20. The van der Waals surface area contributed by atoms with Gasteiger partial charge >= 0.3 is 0 Å². The predicted molar refractivity (Wildman–Crippen MR) is 67.3 cm³/mol. The third kappa shape index (κ3) is 2.33. The molecule has 1 heterocycles. The van der Waals surface area contributed by atoms with E-state index in [1.165, 1.54) is 18.4 Å². The summed E-state index contributed by atoms with van der Waals surface area (Å²) in [5.41, 5.74) is 2.31. The molecular formula is C13H18ClNO. The van der Waals surface area contributed by atoms with Crippen molar-refractivity contribution in [1.29, 1.82) is 0 Å². The minimum Gasteiger partial charge on any atom is -0.496 e. The SMILES string of the molecule is COc1c(C)cc(Cl)cc1C1CCCCN1. The standard InChI is InChI=1S/C13H18ClNO/c1-9-7-10(14)8-11(13(9)16-2)12-5-3-4-6-15-12/h7-8,12,15H,3-6H2,1-2H3. The summed E-state index contributed by atoms with van der Waals surface area (Å²) in [6.45, 7) is 3.12. The Morgan fingerprint density at radius 2 is 2.19 bits per heavy atom. The monoisotopic (exact) mass is 239 g/mol. The van der Waals surface area contributed by atoms with E-state index in [-0.39, 0.29) is 0 Å². The molecule has 2 rings (SSSR count). The molecule has 0 amide bonds. The van der Waals surface area contributed by atoms with Crippen LogP contribution in [0, 0.1) is 6.92 Å². The number of rotatable bonds is 2. The molecule has 0 aliphatic carbocycles. The summed E-state index contributed by atoms with van der Waals surface area (Å²) in [6, 6.07) is 4.37. The molecule has 1 aromatic carbocycles. The Labute approximate surface area is 102 Å². The highest BCUT2D eigenvalue weighted by atomic mass is 35.5. The first-order valence-electron chi connectivity index (χ1n) is 5.80. The Hall–Kier alpha value is -0.730. The lowest BCUT2D eigenvalue weighted by Crippen LogP contribution is -2.27. The van der Waals surface area contributed by atoms with Crippen LogP contribution < -0.4 is 10.1 Å². The maximum absolute atomic E-state index is 6.11. The second-order valence-corrected chi connectivity index (χ2v) is 4.78. The van der Waals surface area contributed by atoms with Crippen LogP contribution >= 0.6 is 11.6 Å². The molecule has 88 valence electrons. The molecular weight excluding hydrogens is 222 g/mol. The third-order valence-corrected chi connectivity index (χ3v) is 3.38. The molecule has 0 bridgehead atoms. The quantitative estimate of drug-likeness (QED) is 0.853. The Morgan fingerprint density at radius 3 is 2.81 bits per heavy atom.